The van der Waals surface area contributed by atoms with E-state index in [1.165, 1.54) is 11.8 Å². The molecule has 0 unspecified atom stereocenters. The maximum absolute atomic E-state index is 5.92. The smallest absolute Gasteiger partial charge is 0.189 e. The Morgan fingerprint density at radius 3 is 2.80 bits per heavy atom. The van der Waals surface area contributed by atoms with Crippen molar-refractivity contribution < 1.29 is 0 Å². The predicted octanol–water partition coefficient (Wildman–Crippen LogP) is 2.29. The summed E-state index contributed by atoms with van der Waals surface area (Å²) in [7, 11) is 0. The van der Waals surface area contributed by atoms with Crippen molar-refractivity contribution >= 4 is 40.1 Å². The first-order chi connectivity index (χ1) is 7.13. The van der Waals surface area contributed by atoms with Gasteiger partial charge in [-0.15, -0.1) is 0 Å². The molecule has 0 aliphatic heterocycles. The van der Waals surface area contributed by atoms with Crippen LogP contribution < -0.4 is 5.73 Å². The van der Waals surface area contributed by atoms with Crippen molar-refractivity contribution in [2.45, 2.75) is 12.1 Å². The highest BCUT2D eigenvalue weighted by molar-refractivity contribution is 7.98. The fourth-order valence-corrected chi connectivity index (χ4v) is 1.80. The number of anilines is 1. The fraction of sp³-hybridized carbons (Fsp3) is 0.222. The Hall–Kier alpha value is -1.07. The zero-order valence-corrected chi connectivity index (χ0v) is 9.85. The molecule has 0 aromatic carbocycles. The van der Waals surface area contributed by atoms with E-state index < -0.39 is 0 Å². The summed E-state index contributed by atoms with van der Waals surface area (Å²) in [4.78, 5) is 12.5. The van der Waals surface area contributed by atoms with Gasteiger partial charge in [-0.2, -0.15) is 0 Å². The van der Waals surface area contributed by atoms with Crippen molar-refractivity contribution in [3.05, 3.63) is 16.9 Å². The summed E-state index contributed by atoms with van der Waals surface area (Å²) in [5, 5.41) is 1.84. The summed E-state index contributed by atoms with van der Waals surface area (Å²) in [5.74, 6) is 0.441. The van der Waals surface area contributed by atoms with E-state index in [4.69, 9.17) is 17.3 Å². The molecule has 0 aliphatic carbocycles. The molecule has 15 heavy (non-hydrogen) atoms. The van der Waals surface area contributed by atoms with E-state index >= 15 is 0 Å². The quantitative estimate of drug-likeness (QED) is 0.471. The number of fused-ring (bicyclic) bond motifs is 1. The molecule has 0 amide bonds. The minimum atomic E-state index is 0.441. The zero-order valence-electron chi connectivity index (χ0n) is 8.28. The number of hydrogen-bond donors (Lipinski definition) is 1. The van der Waals surface area contributed by atoms with E-state index in [-0.39, 0.29) is 0 Å². The van der Waals surface area contributed by atoms with Crippen molar-refractivity contribution in [3.8, 4) is 0 Å². The molecule has 0 aliphatic rings. The average molecular weight is 241 g/mol. The molecule has 78 valence electrons. The second kappa shape index (κ2) is 3.83. The lowest BCUT2D eigenvalue weighted by atomic mass is 10.2. The van der Waals surface area contributed by atoms with E-state index in [9.17, 15) is 0 Å². The zero-order chi connectivity index (χ0) is 11.0. The van der Waals surface area contributed by atoms with Gasteiger partial charge in [-0.25, -0.2) is 15.0 Å². The molecule has 0 atom stereocenters. The Morgan fingerprint density at radius 1 is 1.40 bits per heavy atom. The largest absolute Gasteiger partial charge is 0.383 e. The number of aryl methyl sites for hydroxylation is 1. The highest BCUT2D eigenvalue weighted by Crippen LogP contribution is 2.26. The molecular formula is C9H9ClN4S. The topological polar surface area (TPSA) is 64.7 Å². The van der Waals surface area contributed by atoms with Gasteiger partial charge in [0.25, 0.3) is 0 Å². The predicted molar refractivity (Wildman–Crippen MR) is 63.3 cm³/mol. The number of aromatic nitrogens is 3. The van der Waals surface area contributed by atoms with E-state index in [0.29, 0.717) is 16.1 Å². The second-order valence-corrected chi connectivity index (χ2v) is 4.16. The Labute approximate surface area is 96.3 Å². The van der Waals surface area contributed by atoms with Gasteiger partial charge in [0.15, 0.2) is 5.16 Å². The van der Waals surface area contributed by atoms with E-state index in [2.05, 4.69) is 15.0 Å². The van der Waals surface area contributed by atoms with Crippen LogP contribution >= 0.6 is 23.4 Å². The normalized spacial score (nSPS) is 10.9. The van der Waals surface area contributed by atoms with Gasteiger partial charge in [0, 0.05) is 11.8 Å². The maximum atomic E-state index is 5.92. The standard InChI is InChI=1S/C9H9ClN4S/c1-4-6-5(3-12-7(4)10)8(11)14-9(13-6)15-2/h3H,1-2H3,(H2,11,13,14). The summed E-state index contributed by atoms with van der Waals surface area (Å²) in [6, 6.07) is 0. The van der Waals surface area contributed by atoms with E-state index in [1.807, 2.05) is 13.2 Å². The molecule has 2 heterocycles. The molecule has 2 aromatic rings. The summed E-state index contributed by atoms with van der Waals surface area (Å²) < 4.78 is 0. The summed E-state index contributed by atoms with van der Waals surface area (Å²) in [6.45, 7) is 1.87. The van der Waals surface area contributed by atoms with Gasteiger partial charge in [-0.05, 0) is 13.2 Å². The minimum Gasteiger partial charge on any atom is -0.383 e. The lowest BCUT2D eigenvalue weighted by molar-refractivity contribution is 1.01. The summed E-state index contributed by atoms with van der Waals surface area (Å²) in [6.07, 6.45) is 3.50. The fourth-order valence-electron chi connectivity index (χ4n) is 1.29. The van der Waals surface area contributed by atoms with Crippen LogP contribution in [-0.4, -0.2) is 21.2 Å². The molecule has 0 bridgehead atoms. The second-order valence-electron chi connectivity index (χ2n) is 3.03. The lowest BCUT2D eigenvalue weighted by Crippen LogP contribution is -1.99. The molecule has 6 heteroatoms. The SMILES string of the molecule is CSc1nc(N)c2cnc(Cl)c(C)c2n1. The van der Waals surface area contributed by atoms with Crippen molar-refractivity contribution in [3.63, 3.8) is 0 Å². The van der Waals surface area contributed by atoms with E-state index in [0.717, 1.165) is 16.5 Å². The molecular weight excluding hydrogens is 232 g/mol. The van der Waals surface area contributed by atoms with Gasteiger partial charge in [-0.3, -0.25) is 0 Å². The minimum absolute atomic E-state index is 0.441. The third-order valence-electron chi connectivity index (χ3n) is 2.11. The van der Waals surface area contributed by atoms with Crippen LogP contribution in [0, 0.1) is 6.92 Å². The van der Waals surface area contributed by atoms with Crippen LogP contribution in [0.4, 0.5) is 5.82 Å². The van der Waals surface area contributed by atoms with Crippen molar-refractivity contribution in [1.29, 1.82) is 0 Å². The van der Waals surface area contributed by atoms with E-state index in [1.54, 1.807) is 6.20 Å². The van der Waals surface area contributed by atoms with Gasteiger partial charge in [0.05, 0.1) is 10.9 Å². The number of hydrogen-bond acceptors (Lipinski definition) is 5. The number of nitrogen functional groups attached to an aromatic ring is 1. The van der Waals surface area contributed by atoms with Gasteiger partial charge >= 0.3 is 0 Å². The number of nitrogens with zero attached hydrogens (tertiary/aromatic N) is 3. The summed E-state index contributed by atoms with van der Waals surface area (Å²) in [5.41, 5.74) is 7.41. The average Bonchev–Trinajstić information content (AvgIpc) is 2.23. The number of nitrogens with two attached hydrogens (primary N) is 1. The van der Waals surface area contributed by atoms with Gasteiger partial charge in [0.1, 0.15) is 11.0 Å². The van der Waals surface area contributed by atoms with Crippen LogP contribution in [0.15, 0.2) is 11.4 Å². The lowest BCUT2D eigenvalue weighted by Gasteiger charge is -2.06. The molecule has 2 aromatic heterocycles. The van der Waals surface area contributed by atoms with Gasteiger partial charge in [-0.1, -0.05) is 23.4 Å². The molecule has 0 saturated carbocycles. The monoisotopic (exact) mass is 240 g/mol. The third-order valence-corrected chi connectivity index (χ3v) is 3.04. The van der Waals surface area contributed by atoms with Crippen LogP contribution in [0.25, 0.3) is 10.9 Å². The van der Waals surface area contributed by atoms with Gasteiger partial charge < -0.3 is 5.73 Å². The Bertz CT molecular complexity index is 529. The molecule has 0 radical (unpaired) electrons. The molecule has 2 rings (SSSR count). The Balaban J connectivity index is 2.86. The first-order valence-corrected chi connectivity index (χ1v) is 5.86. The first-order valence-electron chi connectivity index (χ1n) is 4.25. The summed E-state index contributed by atoms with van der Waals surface area (Å²) >= 11 is 7.36. The Morgan fingerprint density at radius 2 is 2.13 bits per heavy atom. The third kappa shape index (κ3) is 1.72. The number of rotatable bonds is 1. The highest BCUT2D eigenvalue weighted by atomic mass is 35.5. The highest BCUT2D eigenvalue weighted by Gasteiger charge is 2.09. The van der Waals surface area contributed by atoms with Crippen LogP contribution in [0.1, 0.15) is 5.56 Å². The molecule has 0 saturated heterocycles. The van der Waals surface area contributed by atoms with Crippen molar-refractivity contribution in [2.75, 3.05) is 12.0 Å². The number of thioether (sulfide) groups is 1. The van der Waals surface area contributed by atoms with Crippen LogP contribution in [-0.2, 0) is 0 Å². The molecule has 0 spiro atoms. The number of pyridine rings is 1. The Kier molecular flexibility index (Phi) is 2.67. The van der Waals surface area contributed by atoms with Crippen LogP contribution in [0.3, 0.4) is 0 Å². The maximum Gasteiger partial charge on any atom is 0.189 e. The first kappa shape index (κ1) is 10.4. The van der Waals surface area contributed by atoms with Crippen molar-refractivity contribution in [2.24, 2.45) is 0 Å². The van der Waals surface area contributed by atoms with Crippen molar-refractivity contribution in [1.82, 2.24) is 15.0 Å². The van der Waals surface area contributed by atoms with Gasteiger partial charge in [0.2, 0.25) is 0 Å². The molecule has 0 fully saturated rings. The van der Waals surface area contributed by atoms with Crippen LogP contribution in [0.5, 0.6) is 0 Å². The molecule has 4 nitrogen and oxygen atoms in total. The number of halogens is 1. The molecule has 2 N–H and O–H groups in total. The van der Waals surface area contributed by atoms with Crippen LogP contribution in [0.2, 0.25) is 5.15 Å².